The van der Waals surface area contributed by atoms with Crippen molar-refractivity contribution in [3.63, 3.8) is 0 Å². The zero-order chi connectivity index (χ0) is 19.9. The van der Waals surface area contributed by atoms with E-state index in [2.05, 4.69) is 38.3 Å². The second-order valence-electron chi connectivity index (χ2n) is 7.05. The Morgan fingerprint density at radius 1 is 1.25 bits per heavy atom. The van der Waals surface area contributed by atoms with Crippen LogP contribution in [0.15, 0.2) is 46.3 Å². The van der Waals surface area contributed by atoms with Gasteiger partial charge in [-0.3, -0.25) is 0 Å². The van der Waals surface area contributed by atoms with E-state index in [0.29, 0.717) is 18.1 Å². The van der Waals surface area contributed by atoms with Crippen molar-refractivity contribution in [3.05, 3.63) is 51.9 Å². The molecule has 1 atom stereocenters. The first kappa shape index (κ1) is 20.6. The van der Waals surface area contributed by atoms with Gasteiger partial charge in [0.2, 0.25) is 5.95 Å². The van der Waals surface area contributed by atoms with Gasteiger partial charge >= 0.3 is 5.97 Å². The van der Waals surface area contributed by atoms with Crippen molar-refractivity contribution in [2.75, 3.05) is 11.9 Å². The Morgan fingerprint density at radius 3 is 2.82 bits per heavy atom. The standard InChI is InChI=1S/C21H27BrN4O2/c1-3-4-5-6-7-8-12-28-20(27)18-15(2)25-21-23-14-24-26(21)19(18)16-10-9-11-17(22)13-16/h9-11,13-14,19H,3-8,12H2,1-2H3,(H,23,24,25)/t19-/m1/s1. The average molecular weight is 447 g/mol. The van der Waals surface area contributed by atoms with Crippen molar-refractivity contribution in [3.8, 4) is 0 Å². The molecule has 3 rings (SSSR count). The molecule has 150 valence electrons. The van der Waals surface area contributed by atoms with Crippen LogP contribution in [0.3, 0.4) is 0 Å². The van der Waals surface area contributed by atoms with E-state index in [0.717, 1.165) is 28.6 Å². The van der Waals surface area contributed by atoms with Crippen molar-refractivity contribution >= 4 is 27.8 Å². The number of nitrogens with one attached hydrogen (secondary N) is 1. The van der Waals surface area contributed by atoms with Gasteiger partial charge in [0.15, 0.2) is 0 Å². The van der Waals surface area contributed by atoms with Gasteiger partial charge in [0.1, 0.15) is 12.4 Å². The first-order valence-electron chi connectivity index (χ1n) is 9.91. The number of ether oxygens (including phenoxy) is 1. The highest BCUT2D eigenvalue weighted by atomic mass is 79.9. The van der Waals surface area contributed by atoms with Crippen molar-refractivity contribution in [1.29, 1.82) is 0 Å². The molecule has 1 aromatic carbocycles. The Kier molecular flexibility index (Phi) is 7.25. The van der Waals surface area contributed by atoms with Crippen LogP contribution in [0.2, 0.25) is 0 Å². The van der Waals surface area contributed by atoms with Crippen LogP contribution in [0.5, 0.6) is 0 Å². The Labute approximate surface area is 174 Å². The zero-order valence-corrected chi connectivity index (χ0v) is 18.0. The van der Waals surface area contributed by atoms with Crippen molar-refractivity contribution in [2.45, 2.75) is 58.4 Å². The Morgan fingerprint density at radius 2 is 2.04 bits per heavy atom. The summed E-state index contributed by atoms with van der Waals surface area (Å²) < 4.78 is 8.30. The van der Waals surface area contributed by atoms with Crippen LogP contribution in [-0.2, 0) is 9.53 Å². The minimum atomic E-state index is -0.367. The smallest absolute Gasteiger partial charge is 0.338 e. The van der Waals surface area contributed by atoms with Gasteiger partial charge in [-0.05, 0) is 31.0 Å². The van der Waals surface area contributed by atoms with Gasteiger partial charge < -0.3 is 10.1 Å². The highest BCUT2D eigenvalue weighted by molar-refractivity contribution is 9.10. The molecule has 0 amide bonds. The summed E-state index contributed by atoms with van der Waals surface area (Å²) in [5, 5.41) is 7.50. The average Bonchev–Trinajstić information content (AvgIpc) is 3.14. The molecule has 7 heteroatoms. The summed E-state index contributed by atoms with van der Waals surface area (Å²) in [4.78, 5) is 17.2. The molecule has 1 N–H and O–H groups in total. The molecule has 2 aromatic rings. The summed E-state index contributed by atoms with van der Waals surface area (Å²) >= 11 is 3.52. The largest absolute Gasteiger partial charge is 0.462 e. The summed E-state index contributed by atoms with van der Waals surface area (Å²) in [7, 11) is 0. The van der Waals surface area contributed by atoms with Crippen molar-refractivity contribution in [2.24, 2.45) is 0 Å². The Balaban J connectivity index is 1.73. The number of halogens is 1. The van der Waals surface area contributed by atoms with E-state index >= 15 is 0 Å². The maximum atomic E-state index is 13.0. The van der Waals surface area contributed by atoms with E-state index in [1.807, 2.05) is 31.2 Å². The molecule has 0 saturated carbocycles. The monoisotopic (exact) mass is 446 g/mol. The molecule has 1 aromatic heterocycles. The minimum Gasteiger partial charge on any atom is -0.462 e. The normalized spacial score (nSPS) is 15.9. The van der Waals surface area contributed by atoms with Crippen LogP contribution >= 0.6 is 15.9 Å². The lowest BCUT2D eigenvalue weighted by atomic mass is 9.96. The Bertz CT molecular complexity index is 846. The molecule has 28 heavy (non-hydrogen) atoms. The molecule has 0 unspecified atom stereocenters. The first-order valence-corrected chi connectivity index (χ1v) is 10.7. The third-order valence-electron chi connectivity index (χ3n) is 4.91. The number of unbranched alkanes of at least 4 members (excludes halogenated alkanes) is 5. The quantitative estimate of drug-likeness (QED) is 0.421. The van der Waals surface area contributed by atoms with Crippen LogP contribution in [-0.4, -0.2) is 27.3 Å². The molecule has 1 aliphatic rings. The van der Waals surface area contributed by atoms with E-state index in [9.17, 15) is 4.79 Å². The van der Waals surface area contributed by atoms with Crippen molar-refractivity contribution in [1.82, 2.24) is 14.8 Å². The highest BCUT2D eigenvalue weighted by Crippen LogP contribution is 2.35. The van der Waals surface area contributed by atoms with Gasteiger partial charge in [-0.15, -0.1) is 0 Å². The van der Waals surface area contributed by atoms with Gasteiger partial charge in [-0.2, -0.15) is 10.1 Å². The topological polar surface area (TPSA) is 69.0 Å². The summed E-state index contributed by atoms with van der Waals surface area (Å²) in [6.45, 7) is 4.53. The van der Waals surface area contributed by atoms with E-state index in [-0.39, 0.29) is 12.0 Å². The highest BCUT2D eigenvalue weighted by Gasteiger charge is 2.34. The predicted molar refractivity (Wildman–Crippen MR) is 113 cm³/mol. The molecule has 6 nitrogen and oxygen atoms in total. The summed E-state index contributed by atoms with van der Waals surface area (Å²) in [5.41, 5.74) is 2.27. The second-order valence-corrected chi connectivity index (χ2v) is 7.97. The number of nitrogens with zero attached hydrogens (tertiary/aromatic N) is 3. The van der Waals surface area contributed by atoms with E-state index in [1.165, 1.54) is 32.0 Å². The van der Waals surface area contributed by atoms with Crippen LogP contribution < -0.4 is 5.32 Å². The number of carbonyl (C=O) groups is 1. The van der Waals surface area contributed by atoms with Gasteiger partial charge in [0.05, 0.1) is 12.2 Å². The number of rotatable bonds is 9. The van der Waals surface area contributed by atoms with Crippen LogP contribution in [0, 0.1) is 0 Å². The van der Waals surface area contributed by atoms with Gasteiger partial charge in [0, 0.05) is 10.2 Å². The van der Waals surface area contributed by atoms with E-state index in [1.54, 1.807) is 4.68 Å². The molecule has 0 fully saturated rings. The number of hydrogen-bond donors (Lipinski definition) is 1. The van der Waals surface area contributed by atoms with E-state index in [4.69, 9.17) is 4.74 Å². The van der Waals surface area contributed by atoms with Crippen LogP contribution in [0.25, 0.3) is 0 Å². The number of aromatic nitrogens is 3. The number of fused-ring (bicyclic) bond motifs is 1. The van der Waals surface area contributed by atoms with E-state index < -0.39 is 0 Å². The molecule has 1 aliphatic heterocycles. The Hall–Kier alpha value is -2.15. The van der Waals surface area contributed by atoms with Crippen LogP contribution in [0.1, 0.15) is 64.0 Å². The van der Waals surface area contributed by atoms with Gasteiger partial charge in [-0.1, -0.05) is 67.1 Å². The number of anilines is 1. The number of benzene rings is 1. The maximum absolute atomic E-state index is 13.0. The van der Waals surface area contributed by atoms with Gasteiger partial charge in [0.25, 0.3) is 0 Å². The summed E-state index contributed by atoms with van der Waals surface area (Å²) in [5.74, 6) is 0.319. The minimum absolute atomic E-state index is 0.301. The molecule has 2 heterocycles. The molecule has 0 spiro atoms. The fourth-order valence-corrected chi connectivity index (χ4v) is 3.88. The molecule has 0 bridgehead atoms. The van der Waals surface area contributed by atoms with Gasteiger partial charge in [-0.25, -0.2) is 9.48 Å². The molecular weight excluding hydrogens is 420 g/mol. The summed E-state index contributed by atoms with van der Waals surface area (Å²) in [6.07, 6.45) is 8.42. The fraction of sp³-hybridized carbons (Fsp3) is 0.476. The SMILES string of the molecule is CCCCCCCCOC(=O)C1=C(C)Nc2ncnn2[C@@H]1c1cccc(Br)c1. The third kappa shape index (κ3) is 4.82. The molecular formula is C21H27BrN4O2. The van der Waals surface area contributed by atoms with Crippen LogP contribution in [0.4, 0.5) is 5.95 Å². The van der Waals surface area contributed by atoms with Crippen molar-refractivity contribution < 1.29 is 9.53 Å². The second kappa shape index (κ2) is 9.87. The fourth-order valence-electron chi connectivity index (χ4n) is 3.47. The maximum Gasteiger partial charge on any atom is 0.338 e. The first-order chi connectivity index (χ1) is 13.6. The predicted octanol–water partition coefficient (Wildman–Crippen LogP) is 5.23. The lowest BCUT2D eigenvalue weighted by molar-refractivity contribution is -0.139. The number of esters is 1. The molecule has 0 radical (unpaired) electrons. The number of carbonyl (C=O) groups excluding carboxylic acids is 1. The molecule has 0 aliphatic carbocycles. The lowest BCUT2D eigenvalue weighted by Crippen LogP contribution is -2.29. The molecule has 0 saturated heterocycles. The third-order valence-corrected chi connectivity index (χ3v) is 5.40. The zero-order valence-electron chi connectivity index (χ0n) is 16.4. The summed E-state index contributed by atoms with van der Waals surface area (Å²) in [6, 6.07) is 7.52. The lowest BCUT2D eigenvalue weighted by Gasteiger charge is -2.28. The number of allylic oxidation sites excluding steroid dienone is 1. The number of hydrogen-bond acceptors (Lipinski definition) is 5.